The van der Waals surface area contributed by atoms with E-state index in [0.29, 0.717) is 17.1 Å². The lowest BCUT2D eigenvalue weighted by molar-refractivity contribution is -0.116. The van der Waals surface area contributed by atoms with E-state index in [9.17, 15) is 9.59 Å². The zero-order valence-electron chi connectivity index (χ0n) is 14.2. The molecule has 0 aliphatic carbocycles. The molecular weight excluding hydrogens is 380 g/mol. The van der Waals surface area contributed by atoms with Gasteiger partial charge in [-0.15, -0.1) is 22.7 Å². The van der Waals surface area contributed by atoms with Crippen molar-refractivity contribution in [2.45, 2.75) is 6.42 Å². The van der Waals surface area contributed by atoms with Crippen molar-refractivity contribution in [1.82, 2.24) is 14.7 Å². The first kappa shape index (κ1) is 17.4. The van der Waals surface area contributed by atoms with Crippen LogP contribution in [0.2, 0.25) is 0 Å². The average Bonchev–Trinajstić information content (AvgIpc) is 3.39. The number of rotatable bonds is 6. The van der Waals surface area contributed by atoms with E-state index in [1.807, 2.05) is 57.9 Å². The number of amides is 2. The van der Waals surface area contributed by atoms with Crippen LogP contribution in [-0.4, -0.2) is 27.7 Å². The van der Waals surface area contributed by atoms with Crippen molar-refractivity contribution in [1.29, 1.82) is 0 Å². The van der Waals surface area contributed by atoms with Gasteiger partial charge in [0, 0.05) is 42.0 Å². The second-order valence-electron chi connectivity index (χ2n) is 5.83. The van der Waals surface area contributed by atoms with Crippen LogP contribution in [0.5, 0.6) is 0 Å². The zero-order valence-corrected chi connectivity index (χ0v) is 15.8. The van der Waals surface area contributed by atoms with Crippen LogP contribution < -0.4 is 10.6 Å². The van der Waals surface area contributed by atoms with E-state index in [-0.39, 0.29) is 18.2 Å². The second kappa shape index (κ2) is 7.73. The fourth-order valence-corrected chi connectivity index (χ4v) is 3.94. The van der Waals surface area contributed by atoms with Crippen molar-refractivity contribution in [2.24, 2.45) is 0 Å². The van der Waals surface area contributed by atoms with Crippen molar-refractivity contribution < 1.29 is 9.59 Å². The van der Waals surface area contributed by atoms with Crippen LogP contribution in [0.25, 0.3) is 16.2 Å². The number of thiazole rings is 1. The molecule has 2 N–H and O–H groups in total. The Bertz CT molecular complexity index is 1040. The highest BCUT2D eigenvalue weighted by Crippen LogP contribution is 2.23. The minimum atomic E-state index is -0.151. The predicted octanol–water partition coefficient (Wildman–Crippen LogP) is 3.88. The molecule has 4 rings (SSSR count). The Morgan fingerprint density at radius 3 is 2.67 bits per heavy atom. The quantitative estimate of drug-likeness (QED) is 0.519. The summed E-state index contributed by atoms with van der Waals surface area (Å²) < 4.78 is 1.99. The normalized spacial score (nSPS) is 10.8. The topological polar surface area (TPSA) is 75.5 Å². The number of thiophene rings is 1. The molecule has 0 radical (unpaired) electrons. The van der Waals surface area contributed by atoms with Gasteiger partial charge in [-0.1, -0.05) is 18.2 Å². The number of nitrogens with zero attached hydrogens (tertiary/aromatic N) is 2. The van der Waals surface area contributed by atoms with Crippen molar-refractivity contribution in [3.05, 3.63) is 64.4 Å². The SMILES string of the molecule is O=C(CCNC(=O)c1cccs1)Nc1ccc(-c2cn3ccsc3n2)cc1. The van der Waals surface area contributed by atoms with Gasteiger partial charge in [-0.05, 0) is 23.6 Å². The molecule has 0 fully saturated rings. The van der Waals surface area contributed by atoms with Gasteiger partial charge in [0.2, 0.25) is 5.91 Å². The number of benzene rings is 1. The third-order valence-electron chi connectivity index (χ3n) is 3.94. The van der Waals surface area contributed by atoms with E-state index in [4.69, 9.17) is 0 Å². The van der Waals surface area contributed by atoms with Crippen LogP contribution in [0, 0.1) is 0 Å². The van der Waals surface area contributed by atoms with Crippen molar-refractivity contribution in [3.63, 3.8) is 0 Å². The molecule has 4 aromatic rings. The molecule has 2 amide bonds. The molecule has 27 heavy (non-hydrogen) atoms. The third-order valence-corrected chi connectivity index (χ3v) is 5.58. The monoisotopic (exact) mass is 396 g/mol. The number of anilines is 1. The van der Waals surface area contributed by atoms with Crippen LogP contribution in [0.1, 0.15) is 16.1 Å². The molecular formula is C19H16N4O2S2. The maximum atomic E-state index is 12.0. The first-order valence-electron chi connectivity index (χ1n) is 8.33. The van der Waals surface area contributed by atoms with Crippen LogP contribution in [0.4, 0.5) is 5.69 Å². The molecule has 6 nitrogen and oxygen atoms in total. The largest absolute Gasteiger partial charge is 0.351 e. The van der Waals surface area contributed by atoms with Gasteiger partial charge in [-0.2, -0.15) is 0 Å². The van der Waals surface area contributed by atoms with Crippen molar-refractivity contribution in [2.75, 3.05) is 11.9 Å². The lowest BCUT2D eigenvalue weighted by Crippen LogP contribution is -2.27. The molecule has 0 spiro atoms. The third kappa shape index (κ3) is 4.07. The highest BCUT2D eigenvalue weighted by atomic mass is 32.1. The minimum absolute atomic E-state index is 0.142. The van der Waals surface area contributed by atoms with Gasteiger partial charge in [-0.3, -0.25) is 14.0 Å². The number of hydrogen-bond donors (Lipinski definition) is 2. The minimum Gasteiger partial charge on any atom is -0.351 e. The highest BCUT2D eigenvalue weighted by Gasteiger charge is 2.09. The summed E-state index contributed by atoms with van der Waals surface area (Å²) in [6, 6.07) is 11.1. The Morgan fingerprint density at radius 2 is 1.93 bits per heavy atom. The molecule has 0 saturated carbocycles. The van der Waals surface area contributed by atoms with E-state index >= 15 is 0 Å². The standard InChI is InChI=1S/C19H16N4O2S2/c24-17(7-8-20-18(25)16-2-1-10-26-16)21-14-5-3-13(4-6-14)15-12-23-9-11-27-19(23)22-15/h1-6,9-12H,7-8H2,(H,20,25)(H,21,24). The first-order valence-corrected chi connectivity index (χ1v) is 10.1. The number of hydrogen-bond acceptors (Lipinski definition) is 5. The summed E-state index contributed by atoms with van der Waals surface area (Å²) in [6.07, 6.45) is 4.17. The maximum Gasteiger partial charge on any atom is 0.261 e. The number of imidazole rings is 1. The molecule has 136 valence electrons. The molecule has 3 aromatic heterocycles. The Hall–Kier alpha value is -2.97. The van der Waals surface area contributed by atoms with E-state index in [1.165, 1.54) is 11.3 Å². The van der Waals surface area contributed by atoms with Gasteiger partial charge in [0.05, 0.1) is 10.6 Å². The van der Waals surface area contributed by atoms with E-state index in [1.54, 1.807) is 17.4 Å². The molecule has 0 aliphatic rings. The van der Waals surface area contributed by atoms with Crippen LogP contribution in [0.3, 0.4) is 0 Å². The summed E-state index contributed by atoms with van der Waals surface area (Å²) in [7, 11) is 0. The van der Waals surface area contributed by atoms with Crippen LogP contribution in [-0.2, 0) is 4.79 Å². The number of carbonyl (C=O) groups is 2. The van der Waals surface area contributed by atoms with E-state index < -0.39 is 0 Å². The van der Waals surface area contributed by atoms with E-state index in [0.717, 1.165) is 16.2 Å². The summed E-state index contributed by atoms with van der Waals surface area (Å²) in [5, 5.41) is 9.42. The number of aromatic nitrogens is 2. The van der Waals surface area contributed by atoms with Gasteiger partial charge in [-0.25, -0.2) is 4.98 Å². The molecule has 1 aromatic carbocycles. The number of fused-ring (bicyclic) bond motifs is 1. The smallest absolute Gasteiger partial charge is 0.261 e. The summed E-state index contributed by atoms with van der Waals surface area (Å²) in [5.41, 5.74) is 2.61. The average molecular weight is 396 g/mol. The Kier molecular flexibility index (Phi) is 4.99. The Balaban J connectivity index is 1.29. The first-order chi connectivity index (χ1) is 13.2. The Labute approximate surface area is 163 Å². The van der Waals surface area contributed by atoms with Crippen LogP contribution in [0.15, 0.2) is 59.6 Å². The number of carbonyl (C=O) groups excluding carboxylic acids is 2. The van der Waals surface area contributed by atoms with Gasteiger partial charge in [0.1, 0.15) is 0 Å². The second-order valence-corrected chi connectivity index (χ2v) is 7.65. The zero-order chi connectivity index (χ0) is 18.6. The Morgan fingerprint density at radius 1 is 1.07 bits per heavy atom. The fraction of sp³-hybridized carbons (Fsp3) is 0.105. The predicted molar refractivity (Wildman–Crippen MR) is 108 cm³/mol. The molecule has 0 atom stereocenters. The molecule has 0 aliphatic heterocycles. The lowest BCUT2D eigenvalue weighted by Gasteiger charge is -2.07. The highest BCUT2D eigenvalue weighted by molar-refractivity contribution is 7.15. The van der Waals surface area contributed by atoms with Crippen molar-refractivity contribution >= 4 is 45.1 Å². The molecule has 8 heteroatoms. The number of nitrogens with one attached hydrogen (secondary N) is 2. The van der Waals surface area contributed by atoms with E-state index in [2.05, 4.69) is 15.6 Å². The molecule has 3 heterocycles. The summed E-state index contributed by atoms with van der Waals surface area (Å²) >= 11 is 2.96. The maximum absolute atomic E-state index is 12.0. The van der Waals surface area contributed by atoms with Crippen LogP contribution >= 0.6 is 22.7 Å². The molecule has 0 bridgehead atoms. The summed E-state index contributed by atoms with van der Waals surface area (Å²) in [6.45, 7) is 0.298. The lowest BCUT2D eigenvalue weighted by atomic mass is 10.1. The van der Waals surface area contributed by atoms with Gasteiger partial charge < -0.3 is 10.6 Å². The fourth-order valence-electron chi connectivity index (χ4n) is 2.60. The summed E-state index contributed by atoms with van der Waals surface area (Å²) in [4.78, 5) is 30.0. The van der Waals surface area contributed by atoms with Gasteiger partial charge >= 0.3 is 0 Å². The van der Waals surface area contributed by atoms with Gasteiger partial charge in [0.25, 0.3) is 5.91 Å². The summed E-state index contributed by atoms with van der Waals surface area (Å²) in [5.74, 6) is -0.293. The van der Waals surface area contributed by atoms with Gasteiger partial charge in [0.15, 0.2) is 4.96 Å². The molecule has 0 unspecified atom stereocenters. The molecule has 0 saturated heterocycles. The van der Waals surface area contributed by atoms with Crippen molar-refractivity contribution in [3.8, 4) is 11.3 Å².